The molecule has 0 amide bonds. The molecular weight excluding hydrogens is 386 g/mol. The maximum atomic E-state index is 12.0. The lowest BCUT2D eigenvalue weighted by molar-refractivity contribution is 0.0596. The zero-order chi connectivity index (χ0) is 21.1. The quantitative estimate of drug-likeness (QED) is 0.351. The van der Waals surface area contributed by atoms with Gasteiger partial charge in [0.1, 0.15) is 22.7 Å². The molecule has 0 N–H and O–H groups in total. The molecule has 0 unspecified atom stereocenters. The predicted octanol–water partition coefficient (Wildman–Crippen LogP) is 4.16. The SMILES string of the molecule is COC(=O)c1cc2ccc(OCCc3nc(-c4ccccc4)oc3C)cc2oc1=O. The van der Waals surface area contributed by atoms with E-state index in [0.717, 1.165) is 17.0 Å². The second kappa shape index (κ2) is 8.24. The van der Waals surface area contributed by atoms with Crippen LogP contribution in [0.1, 0.15) is 21.8 Å². The van der Waals surface area contributed by atoms with E-state index in [-0.39, 0.29) is 5.56 Å². The van der Waals surface area contributed by atoms with E-state index in [0.29, 0.717) is 35.6 Å². The minimum atomic E-state index is -0.752. The van der Waals surface area contributed by atoms with Crippen molar-refractivity contribution in [1.29, 1.82) is 0 Å². The lowest BCUT2D eigenvalue weighted by Gasteiger charge is -2.06. The summed E-state index contributed by atoms with van der Waals surface area (Å²) in [6.07, 6.45) is 0.561. The van der Waals surface area contributed by atoms with Gasteiger partial charge in [0.05, 0.1) is 19.4 Å². The molecule has 4 aromatic rings. The van der Waals surface area contributed by atoms with E-state index in [1.54, 1.807) is 18.2 Å². The summed E-state index contributed by atoms with van der Waals surface area (Å²) in [5.41, 5.74) is 1.18. The highest BCUT2D eigenvalue weighted by Gasteiger charge is 2.15. The van der Waals surface area contributed by atoms with Crippen LogP contribution in [0.2, 0.25) is 0 Å². The number of benzene rings is 2. The van der Waals surface area contributed by atoms with Gasteiger partial charge in [-0.25, -0.2) is 14.6 Å². The van der Waals surface area contributed by atoms with Crippen LogP contribution >= 0.6 is 0 Å². The molecule has 152 valence electrons. The number of ether oxygens (including phenoxy) is 2. The molecule has 0 saturated carbocycles. The lowest BCUT2D eigenvalue weighted by Crippen LogP contribution is -2.14. The van der Waals surface area contributed by atoms with E-state index in [1.807, 2.05) is 37.3 Å². The minimum absolute atomic E-state index is 0.144. The maximum Gasteiger partial charge on any atom is 0.351 e. The monoisotopic (exact) mass is 405 g/mol. The molecule has 0 bridgehead atoms. The number of esters is 1. The molecule has 4 rings (SSSR count). The van der Waals surface area contributed by atoms with Crippen LogP contribution in [0.25, 0.3) is 22.4 Å². The van der Waals surface area contributed by atoms with Crippen molar-refractivity contribution in [3.05, 3.63) is 82.0 Å². The predicted molar refractivity (Wildman–Crippen MR) is 110 cm³/mol. The average molecular weight is 405 g/mol. The van der Waals surface area contributed by atoms with Crippen molar-refractivity contribution in [1.82, 2.24) is 4.98 Å². The van der Waals surface area contributed by atoms with Gasteiger partial charge in [-0.05, 0) is 37.3 Å². The summed E-state index contributed by atoms with van der Waals surface area (Å²) in [6, 6.07) is 16.2. The molecule has 0 aliphatic rings. The summed E-state index contributed by atoms with van der Waals surface area (Å²) in [5, 5.41) is 0.599. The van der Waals surface area contributed by atoms with Gasteiger partial charge in [-0.3, -0.25) is 0 Å². The molecular formula is C23H19NO6. The summed E-state index contributed by atoms with van der Waals surface area (Å²) >= 11 is 0. The summed E-state index contributed by atoms with van der Waals surface area (Å²) < 4.78 is 21.4. The first-order chi connectivity index (χ1) is 14.5. The molecule has 0 atom stereocenters. The molecule has 0 spiro atoms. The largest absolute Gasteiger partial charge is 0.493 e. The van der Waals surface area contributed by atoms with E-state index in [1.165, 1.54) is 13.2 Å². The number of oxazole rings is 1. The highest BCUT2D eigenvalue weighted by Crippen LogP contribution is 2.23. The first-order valence-electron chi connectivity index (χ1n) is 9.36. The number of hydrogen-bond acceptors (Lipinski definition) is 7. The number of aromatic nitrogens is 1. The van der Waals surface area contributed by atoms with Gasteiger partial charge in [0.2, 0.25) is 5.89 Å². The Kier molecular flexibility index (Phi) is 5.34. The Bertz CT molecular complexity index is 1260. The summed E-state index contributed by atoms with van der Waals surface area (Å²) in [4.78, 5) is 28.2. The molecule has 2 aromatic carbocycles. The highest BCUT2D eigenvalue weighted by molar-refractivity contribution is 5.92. The van der Waals surface area contributed by atoms with Crippen LogP contribution in [0.15, 0.2) is 68.2 Å². The first kappa shape index (κ1) is 19.4. The van der Waals surface area contributed by atoms with Crippen LogP contribution < -0.4 is 10.4 Å². The number of aryl methyl sites for hydroxylation is 1. The molecule has 0 radical (unpaired) electrons. The smallest absolute Gasteiger partial charge is 0.351 e. The zero-order valence-electron chi connectivity index (χ0n) is 16.5. The Balaban J connectivity index is 1.46. The van der Waals surface area contributed by atoms with Crippen molar-refractivity contribution in [3.8, 4) is 17.2 Å². The van der Waals surface area contributed by atoms with Crippen LogP contribution in [0.5, 0.6) is 5.75 Å². The molecule has 0 saturated heterocycles. The average Bonchev–Trinajstić information content (AvgIpc) is 3.14. The number of rotatable bonds is 6. The third kappa shape index (κ3) is 3.96. The molecule has 30 heavy (non-hydrogen) atoms. The van der Waals surface area contributed by atoms with Gasteiger partial charge in [-0.15, -0.1) is 0 Å². The fourth-order valence-electron chi connectivity index (χ4n) is 3.06. The van der Waals surface area contributed by atoms with Gasteiger partial charge in [-0.1, -0.05) is 18.2 Å². The van der Waals surface area contributed by atoms with Crippen LogP contribution in [0.4, 0.5) is 0 Å². The highest BCUT2D eigenvalue weighted by atomic mass is 16.5. The van der Waals surface area contributed by atoms with Gasteiger partial charge in [0.25, 0.3) is 0 Å². The van der Waals surface area contributed by atoms with Crippen LogP contribution in [0.3, 0.4) is 0 Å². The Labute approximate surface area is 171 Å². The van der Waals surface area contributed by atoms with Crippen molar-refractivity contribution in [3.63, 3.8) is 0 Å². The van der Waals surface area contributed by atoms with E-state index >= 15 is 0 Å². The zero-order valence-corrected chi connectivity index (χ0v) is 16.5. The Morgan fingerprint density at radius 2 is 1.87 bits per heavy atom. The summed E-state index contributed by atoms with van der Waals surface area (Å²) in [7, 11) is 1.21. The van der Waals surface area contributed by atoms with Crippen molar-refractivity contribution < 1.29 is 23.1 Å². The molecule has 2 aromatic heterocycles. The molecule has 0 fully saturated rings. The number of nitrogens with zero attached hydrogens (tertiary/aromatic N) is 1. The van der Waals surface area contributed by atoms with Gasteiger partial charge in [-0.2, -0.15) is 0 Å². The molecule has 7 heteroatoms. The van der Waals surface area contributed by atoms with E-state index in [9.17, 15) is 9.59 Å². The third-order valence-electron chi connectivity index (χ3n) is 4.63. The molecule has 7 nitrogen and oxygen atoms in total. The fraction of sp³-hybridized carbons (Fsp3) is 0.174. The third-order valence-corrected chi connectivity index (χ3v) is 4.63. The van der Waals surface area contributed by atoms with Crippen LogP contribution in [-0.4, -0.2) is 24.7 Å². The normalized spacial score (nSPS) is 10.9. The van der Waals surface area contributed by atoms with Crippen LogP contribution in [-0.2, 0) is 11.2 Å². The van der Waals surface area contributed by atoms with Crippen molar-refractivity contribution in [2.45, 2.75) is 13.3 Å². The number of hydrogen-bond donors (Lipinski definition) is 0. The van der Waals surface area contributed by atoms with E-state index in [4.69, 9.17) is 13.6 Å². The van der Waals surface area contributed by atoms with Crippen LogP contribution in [0, 0.1) is 6.92 Å². The number of carbonyl (C=O) groups excluding carboxylic acids is 1. The Morgan fingerprint density at radius 1 is 1.07 bits per heavy atom. The minimum Gasteiger partial charge on any atom is -0.493 e. The van der Waals surface area contributed by atoms with Gasteiger partial charge in [0, 0.05) is 23.4 Å². The summed E-state index contributed by atoms with van der Waals surface area (Å²) in [6.45, 7) is 2.25. The Morgan fingerprint density at radius 3 is 2.63 bits per heavy atom. The maximum absolute atomic E-state index is 12.0. The topological polar surface area (TPSA) is 91.8 Å². The first-order valence-corrected chi connectivity index (χ1v) is 9.36. The standard InChI is InChI=1S/C23H19NO6/c1-14-19(24-21(29-14)15-6-4-3-5-7-15)10-11-28-17-9-8-16-12-18(22(25)27-2)23(26)30-20(16)13-17/h3-9,12-13H,10-11H2,1-2H3. The lowest BCUT2D eigenvalue weighted by atomic mass is 10.2. The van der Waals surface area contributed by atoms with Gasteiger partial charge in [0.15, 0.2) is 0 Å². The van der Waals surface area contributed by atoms with Crippen molar-refractivity contribution >= 4 is 16.9 Å². The van der Waals surface area contributed by atoms with E-state index < -0.39 is 11.6 Å². The molecule has 2 heterocycles. The van der Waals surface area contributed by atoms with Gasteiger partial charge >= 0.3 is 11.6 Å². The second-order valence-electron chi connectivity index (χ2n) is 6.63. The van der Waals surface area contributed by atoms with E-state index in [2.05, 4.69) is 9.72 Å². The molecule has 0 aliphatic heterocycles. The Hall–Kier alpha value is -3.87. The number of methoxy groups -OCH3 is 1. The van der Waals surface area contributed by atoms with Crippen molar-refractivity contribution in [2.75, 3.05) is 13.7 Å². The molecule has 0 aliphatic carbocycles. The number of carbonyl (C=O) groups is 1. The van der Waals surface area contributed by atoms with Gasteiger partial charge < -0.3 is 18.3 Å². The summed E-state index contributed by atoms with van der Waals surface area (Å²) in [5.74, 6) is 1.14. The fourth-order valence-corrected chi connectivity index (χ4v) is 3.06. The van der Waals surface area contributed by atoms with Crippen molar-refractivity contribution in [2.24, 2.45) is 0 Å². The second-order valence-corrected chi connectivity index (χ2v) is 6.63. The number of fused-ring (bicyclic) bond motifs is 1.